The lowest BCUT2D eigenvalue weighted by molar-refractivity contribution is -0.0909. The van der Waals surface area contributed by atoms with Gasteiger partial charge in [0, 0.05) is 23.2 Å². The van der Waals surface area contributed by atoms with Crippen LogP contribution in [0.1, 0.15) is 40.0 Å². The van der Waals surface area contributed by atoms with E-state index in [1.54, 1.807) is 0 Å². The van der Waals surface area contributed by atoms with Crippen molar-refractivity contribution >= 4 is 0 Å². The Labute approximate surface area is 110 Å². The first-order valence-electron chi connectivity index (χ1n) is 7.15. The zero-order chi connectivity index (χ0) is 13.1. The van der Waals surface area contributed by atoms with E-state index in [1.807, 2.05) is 0 Å². The summed E-state index contributed by atoms with van der Waals surface area (Å²) in [5.41, 5.74) is 1.39. The van der Waals surface area contributed by atoms with Gasteiger partial charge >= 0.3 is 0 Å². The van der Waals surface area contributed by atoms with E-state index in [0.29, 0.717) is 17.8 Å². The minimum atomic E-state index is -0.222. The number of allylic oxidation sites excluding steroid dienone is 1. The van der Waals surface area contributed by atoms with Crippen LogP contribution in [0, 0.1) is 23.2 Å². The third-order valence-electron chi connectivity index (χ3n) is 5.83. The van der Waals surface area contributed by atoms with Crippen LogP contribution in [0.3, 0.4) is 0 Å². The molecule has 2 aliphatic carbocycles. The van der Waals surface area contributed by atoms with E-state index >= 15 is 0 Å². The second-order valence-corrected chi connectivity index (χ2v) is 6.72. The Morgan fingerprint density at radius 1 is 1.50 bits per heavy atom. The van der Waals surface area contributed by atoms with Crippen molar-refractivity contribution in [3.8, 4) is 0 Å². The highest BCUT2D eigenvalue weighted by Gasteiger charge is 2.56. The van der Waals surface area contributed by atoms with Crippen LogP contribution < -0.4 is 0 Å². The lowest BCUT2D eigenvalue weighted by Gasteiger charge is -2.52. The Balaban J connectivity index is 2.00. The Kier molecular flexibility index (Phi) is 2.64. The van der Waals surface area contributed by atoms with Crippen molar-refractivity contribution in [3.05, 3.63) is 24.0 Å². The molecule has 0 bridgehead atoms. The SMILES string of the molecule is C=C1O[C@H]2[C@@H](CC[C@@]3(C)[C@H](O)CC=C(C)[C@H]23)[C@@H]1C. The van der Waals surface area contributed by atoms with E-state index in [9.17, 15) is 5.11 Å². The highest BCUT2D eigenvalue weighted by molar-refractivity contribution is 5.23. The molecule has 1 aliphatic heterocycles. The highest BCUT2D eigenvalue weighted by atomic mass is 16.5. The van der Waals surface area contributed by atoms with Gasteiger partial charge in [-0.15, -0.1) is 0 Å². The van der Waals surface area contributed by atoms with Gasteiger partial charge in [0.05, 0.1) is 11.9 Å². The van der Waals surface area contributed by atoms with Crippen molar-refractivity contribution in [3.63, 3.8) is 0 Å². The smallest absolute Gasteiger partial charge is 0.109 e. The highest BCUT2D eigenvalue weighted by Crippen LogP contribution is 2.57. The molecule has 1 saturated carbocycles. The molecule has 0 radical (unpaired) electrons. The normalized spacial score (nSPS) is 51.2. The first-order valence-corrected chi connectivity index (χ1v) is 7.15. The van der Waals surface area contributed by atoms with Crippen molar-refractivity contribution in [1.82, 2.24) is 0 Å². The number of aliphatic hydroxyl groups excluding tert-OH is 1. The van der Waals surface area contributed by atoms with Crippen LogP contribution in [0.2, 0.25) is 0 Å². The van der Waals surface area contributed by atoms with Gasteiger partial charge in [-0.1, -0.05) is 32.1 Å². The molecule has 0 aromatic rings. The Morgan fingerprint density at radius 2 is 2.22 bits per heavy atom. The van der Waals surface area contributed by atoms with Crippen molar-refractivity contribution in [2.24, 2.45) is 23.2 Å². The maximum atomic E-state index is 10.4. The molecule has 0 spiro atoms. The van der Waals surface area contributed by atoms with Gasteiger partial charge in [0.25, 0.3) is 0 Å². The molecule has 2 fully saturated rings. The minimum Gasteiger partial charge on any atom is -0.494 e. The molecule has 3 aliphatic rings. The quantitative estimate of drug-likeness (QED) is 0.667. The fourth-order valence-corrected chi connectivity index (χ4v) is 4.48. The van der Waals surface area contributed by atoms with E-state index in [2.05, 4.69) is 33.4 Å². The largest absolute Gasteiger partial charge is 0.494 e. The number of ether oxygens (including phenoxy) is 1. The maximum absolute atomic E-state index is 10.4. The van der Waals surface area contributed by atoms with Gasteiger partial charge in [0.1, 0.15) is 6.10 Å². The molecule has 1 saturated heterocycles. The zero-order valence-corrected chi connectivity index (χ0v) is 11.6. The minimum absolute atomic E-state index is 0.00958. The molecule has 0 unspecified atom stereocenters. The van der Waals surface area contributed by atoms with Gasteiger partial charge in [0.15, 0.2) is 0 Å². The average Bonchev–Trinajstić information content (AvgIpc) is 2.60. The fourth-order valence-electron chi connectivity index (χ4n) is 4.48. The van der Waals surface area contributed by atoms with E-state index in [1.165, 1.54) is 5.57 Å². The van der Waals surface area contributed by atoms with Crippen LogP contribution >= 0.6 is 0 Å². The second-order valence-electron chi connectivity index (χ2n) is 6.72. The zero-order valence-electron chi connectivity index (χ0n) is 11.6. The van der Waals surface area contributed by atoms with Crippen LogP contribution in [0.4, 0.5) is 0 Å². The standard InChI is InChI=1S/C16H24O2/c1-9-5-6-13(17)16(4)8-7-12-10(2)11(3)18-15(12)14(9)16/h5,10,12-15,17H,3,6-8H2,1-2,4H3/t10-,12+,13-,14-,15+,16+/m1/s1. The monoisotopic (exact) mass is 248 g/mol. The van der Waals surface area contributed by atoms with Crippen molar-refractivity contribution < 1.29 is 9.84 Å². The average molecular weight is 248 g/mol. The summed E-state index contributed by atoms with van der Waals surface area (Å²) in [6.45, 7) is 10.7. The number of rotatable bonds is 0. The van der Waals surface area contributed by atoms with E-state index in [-0.39, 0.29) is 17.6 Å². The molecule has 0 aromatic carbocycles. The van der Waals surface area contributed by atoms with Crippen LogP contribution in [0.15, 0.2) is 24.0 Å². The fraction of sp³-hybridized carbons (Fsp3) is 0.750. The molecule has 0 amide bonds. The predicted molar refractivity (Wildman–Crippen MR) is 71.9 cm³/mol. The van der Waals surface area contributed by atoms with Gasteiger partial charge in [-0.05, 0) is 26.2 Å². The molecule has 0 aromatic heterocycles. The summed E-state index contributed by atoms with van der Waals surface area (Å²) < 4.78 is 6.08. The van der Waals surface area contributed by atoms with Crippen LogP contribution in [-0.2, 0) is 4.74 Å². The van der Waals surface area contributed by atoms with Crippen LogP contribution in [0.5, 0.6) is 0 Å². The molecule has 2 heteroatoms. The summed E-state index contributed by atoms with van der Waals surface area (Å²) >= 11 is 0. The maximum Gasteiger partial charge on any atom is 0.109 e. The Bertz CT molecular complexity index is 411. The summed E-state index contributed by atoms with van der Waals surface area (Å²) in [7, 11) is 0. The van der Waals surface area contributed by atoms with E-state index in [4.69, 9.17) is 4.74 Å². The van der Waals surface area contributed by atoms with Crippen molar-refractivity contribution in [2.75, 3.05) is 0 Å². The van der Waals surface area contributed by atoms with Crippen molar-refractivity contribution in [1.29, 1.82) is 0 Å². The van der Waals surface area contributed by atoms with Crippen LogP contribution in [-0.4, -0.2) is 17.3 Å². The molecule has 3 rings (SSSR count). The van der Waals surface area contributed by atoms with Gasteiger partial charge in [0.2, 0.25) is 0 Å². The molecular weight excluding hydrogens is 224 g/mol. The lowest BCUT2D eigenvalue weighted by atomic mass is 9.55. The second kappa shape index (κ2) is 3.86. The van der Waals surface area contributed by atoms with E-state index < -0.39 is 0 Å². The van der Waals surface area contributed by atoms with E-state index in [0.717, 1.165) is 25.0 Å². The lowest BCUT2D eigenvalue weighted by Crippen LogP contribution is -2.52. The third-order valence-corrected chi connectivity index (χ3v) is 5.83. The first-order chi connectivity index (χ1) is 8.45. The number of hydrogen-bond acceptors (Lipinski definition) is 2. The molecule has 100 valence electrons. The number of hydrogen-bond donors (Lipinski definition) is 1. The molecule has 2 nitrogen and oxygen atoms in total. The number of aliphatic hydroxyl groups is 1. The summed E-state index contributed by atoms with van der Waals surface area (Å²) in [5, 5.41) is 10.4. The third kappa shape index (κ3) is 1.45. The summed E-state index contributed by atoms with van der Waals surface area (Å²) in [5.74, 6) is 2.36. The summed E-state index contributed by atoms with van der Waals surface area (Å²) in [4.78, 5) is 0. The molecule has 1 N–H and O–H groups in total. The van der Waals surface area contributed by atoms with Gasteiger partial charge < -0.3 is 9.84 Å². The van der Waals surface area contributed by atoms with Crippen molar-refractivity contribution in [2.45, 2.75) is 52.2 Å². The summed E-state index contributed by atoms with van der Waals surface area (Å²) in [6, 6.07) is 0. The molecule has 1 heterocycles. The van der Waals surface area contributed by atoms with Crippen LogP contribution in [0.25, 0.3) is 0 Å². The number of fused-ring (bicyclic) bond motifs is 3. The van der Waals surface area contributed by atoms with Gasteiger partial charge in [-0.25, -0.2) is 0 Å². The summed E-state index contributed by atoms with van der Waals surface area (Å²) in [6.07, 6.45) is 5.27. The topological polar surface area (TPSA) is 29.5 Å². The Hall–Kier alpha value is -0.760. The Morgan fingerprint density at radius 3 is 2.94 bits per heavy atom. The molecule has 6 atom stereocenters. The van der Waals surface area contributed by atoms with Gasteiger partial charge in [-0.3, -0.25) is 0 Å². The first kappa shape index (κ1) is 12.3. The van der Waals surface area contributed by atoms with Gasteiger partial charge in [-0.2, -0.15) is 0 Å². The molecule has 18 heavy (non-hydrogen) atoms. The molecular formula is C16H24O2. The predicted octanol–water partition coefficient (Wildman–Crippen LogP) is 3.28.